The van der Waals surface area contributed by atoms with Gasteiger partial charge in [0, 0.05) is 25.5 Å². The van der Waals surface area contributed by atoms with E-state index < -0.39 is 0 Å². The van der Waals surface area contributed by atoms with Crippen molar-refractivity contribution in [2.24, 2.45) is 0 Å². The van der Waals surface area contributed by atoms with Crippen LogP contribution in [0, 0.1) is 0 Å². The van der Waals surface area contributed by atoms with Crippen LogP contribution in [0.5, 0.6) is 5.75 Å². The Kier molecular flexibility index (Phi) is 3.78. The van der Waals surface area contributed by atoms with Crippen molar-refractivity contribution in [2.75, 3.05) is 5.32 Å². The molecule has 0 saturated heterocycles. The van der Waals surface area contributed by atoms with Crippen molar-refractivity contribution in [3.63, 3.8) is 0 Å². The van der Waals surface area contributed by atoms with Crippen molar-refractivity contribution in [3.8, 4) is 5.75 Å². The lowest BCUT2D eigenvalue weighted by atomic mass is 10.1. The number of anilines is 1. The van der Waals surface area contributed by atoms with E-state index in [-0.39, 0.29) is 11.3 Å². The molecule has 1 aromatic heterocycles. The summed E-state index contributed by atoms with van der Waals surface area (Å²) in [7, 11) is 0. The highest BCUT2D eigenvalue weighted by Crippen LogP contribution is 2.31. The van der Waals surface area contributed by atoms with Gasteiger partial charge in [-0.25, -0.2) is 0 Å². The molecule has 5 nitrogen and oxygen atoms in total. The number of carbonyl (C=O) groups excluding carboxylic acids is 1. The summed E-state index contributed by atoms with van der Waals surface area (Å²) in [4.78, 5) is 23.3. The van der Waals surface area contributed by atoms with Crippen LogP contribution in [0.15, 0.2) is 57.7 Å². The number of rotatable bonds is 3. The van der Waals surface area contributed by atoms with E-state index in [9.17, 15) is 9.59 Å². The maximum absolute atomic E-state index is 11.9. The van der Waals surface area contributed by atoms with Gasteiger partial charge in [0.1, 0.15) is 11.3 Å². The van der Waals surface area contributed by atoms with Crippen molar-refractivity contribution in [1.29, 1.82) is 0 Å². The van der Waals surface area contributed by atoms with E-state index in [4.69, 9.17) is 9.15 Å². The van der Waals surface area contributed by atoms with Gasteiger partial charge in [0.2, 0.25) is 5.91 Å². The van der Waals surface area contributed by atoms with Gasteiger partial charge in [-0.05, 0) is 18.6 Å². The second-order valence-electron chi connectivity index (χ2n) is 5.01. The number of ether oxygens (including phenoxy) is 1. The Hall–Kier alpha value is -2.82. The summed E-state index contributed by atoms with van der Waals surface area (Å²) in [5.74, 6) is 0.997. The Bertz CT molecular complexity index is 845. The van der Waals surface area contributed by atoms with Crippen LogP contribution in [-0.2, 0) is 4.79 Å². The zero-order chi connectivity index (χ0) is 15.5. The molecule has 1 N–H and O–H groups in total. The summed E-state index contributed by atoms with van der Waals surface area (Å²) < 4.78 is 11.2. The number of amides is 1. The van der Waals surface area contributed by atoms with E-state index in [1.807, 2.05) is 12.2 Å². The van der Waals surface area contributed by atoms with Crippen molar-refractivity contribution in [1.82, 2.24) is 0 Å². The van der Waals surface area contributed by atoms with Crippen molar-refractivity contribution in [2.45, 2.75) is 19.8 Å². The highest BCUT2D eigenvalue weighted by Gasteiger charge is 2.13. The van der Waals surface area contributed by atoms with Gasteiger partial charge in [-0.3, -0.25) is 9.59 Å². The van der Waals surface area contributed by atoms with Gasteiger partial charge in [0.15, 0.2) is 11.2 Å². The smallest absolute Gasteiger partial charge is 0.221 e. The van der Waals surface area contributed by atoms with Gasteiger partial charge in [-0.15, -0.1) is 0 Å². The summed E-state index contributed by atoms with van der Waals surface area (Å²) in [6, 6.07) is 4.56. The fourth-order valence-corrected chi connectivity index (χ4v) is 2.29. The first-order valence-electron chi connectivity index (χ1n) is 7.00. The fourth-order valence-electron chi connectivity index (χ4n) is 2.29. The maximum atomic E-state index is 11.9. The molecule has 0 aliphatic heterocycles. The molecule has 22 heavy (non-hydrogen) atoms. The average Bonchev–Trinajstić information content (AvgIpc) is 2.49. The molecule has 112 valence electrons. The predicted molar refractivity (Wildman–Crippen MR) is 83.9 cm³/mol. The van der Waals surface area contributed by atoms with E-state index >= 15 is 0 Å². The molecule has 1 aromatic carbocycles. The minimum atomic E-state index is -0.222. The van der Waals surface area contributed by atoms with Gasteiger partial charge >= 0.3 is 0 Å². The number of allylic oxidation sites excluding steroid dienone is 4. The third-order valence-electron chi connectivity index (χ3n) is 3.29. The molecule has 0 radical (unpaired) electrons. The summed E-state index contributed by atoms with van der Waals surface area (Å²) in [5, 5.41) is 3.12. The molecule has 1 heterocycles. The summed E-state index contributed by atoms with van der Waals surface area (Å²) in [5.41, 5.74) is 0.726. The first-order valence-corrected chi connectivity index (χ1v) is 7.00. The lowest BCUT2D eigenvalue weighted by Crippen LogP contribution is -2.09. The van der Waals surface area contributed by atoms with Crippen LogP contribution < -0.4 is 15.5 Å². The topological polar surface area (TPSA) is 68.5 Å². The number of hydrogen-bond acceptors (Lipinski definition) is 4. The molecular formula is C17H15NO4. The monoisotopic (exact) mass is 297 g/mol. The molecule has 0 atom stereocenters. The van der Waals surface area contributed by atoms with Gasteiger partial charge in [0.25, 0.3) is 0 Å². The molecule has 5 heteroatoms. The minimum Gasteiger partial charge on any atom is -0.464 e. The zero-order valence-corrected chi connectivity index (χ0v) is 12.1. The SMILES string of the molecule is CC(=O)Nc1cc2occc(=O)c2cc1OC1=CC=CCC1. The molecule has 0 fully saturated rings. The van der Waals surface area contributed by atoms with E-state index in [1.54, 1.807) is 12.1 Å². The number of carbonyl (C=O) groups is 1. The first kappa shape index (κ1) is 14.1. The Labute approximate surface area is 126 Å². The number of fused-ring (bicyclic) bond motifs is 1. The molecular weight excluding hydrogens is 282 g/mol. The normalized spacial score (nSPS) is 13.8. The highest BCUT2D eigenvalue weighted by atomic mass is 16.5. The van der Waals surface area contributed by atoms with Gasteiger partial charge in [-0.1, -0.05) is 12.2 Å². The Morgan fingerprint density at radius 3 is 2.95 bits per heavy atom. The number of nitrogens with one attached hydrogen (secondary N) is 1. The largest absolute Gasteiger partial charge is 0.464 e. The van der Waals surface area contributed by atoms with E-state index in [0.717, 1.165) is 18.6 Å². The zero-order valence-electron chi connectivity index (χ0n) is 12.1. The number of benzene rings is 1. The van der Waals surface area contributed by atoms with Crippen molar-refractivity contribution in [3.05, 3.63) is 58.7 Å². The van der Waals surface area contributed by atoms with Crippen molar-refractivity contribution < 1.29 is 13.9 Å². The van der Waals surface area contributed by atoms with Crippen LogP contribution >= 0.6 is 0 Å². The number of hydrogen-bond donors (Lipinski definition) is 1. The molecule has 0 saturated carbocycles. The predicted octanol–water partition coefficient (Wildman–Crippen LogP) is 3.36. The summed E-state index contributed by atoms with van der Waals surface area (Å²) in [6.07, 6.45) is 8.85. The van der Waals surface area contributed by atoms with Crippen LogP contribution in [-0.4, -0.2) is 5.91 Å². The van der Waals surface area contributed by atoms with E-state index in [2.05, 4.69) is 11.4 Å². The maximum Gasteiger partial charge on any atom is 0.221 e. The van der Waals surface area contributed by atoms with E-state index in [0.29, 0.717) is 22.4 Å². The quantitative estimate of drug-likeness (QED) is 0.943. The lowest BCUT2D eigenvalue weighted by molar-refractivity contribution is -0.114. The molecule has 1 amide bonds. The third kappa shape index (κ3) is 2.93. The van der Waals surface area contributed by atoms with Gasteiger partial charge < -0.3 is 14.5 Å². The summed E-state index contributed by atoms with van der Waals surface area (Å²) >= 11 is 0. The van der Waals surface area contributed by atoms with Crippen LogP contribution in [0.1, 0.15) is 19.8 Å². The molecule has 1 aliphatic rings. The molecule has 0 unspecified atom stereocenters. The fraction of sp³-hybridized carbons (Fsp3) is 0.176. The minimum absolute atomic E-state index is 0.155. The first-order chi connectivity index (χ1) is 10.6. The van der Waals surface area contributed by atoms with Crippen molar-refractivity contribution >= 4 is 22.6 Å². The van der Waals surface area contributed by atoms with Gasteiger partial charge in [-0.2, -0.15) is 0 Å². The standard InChI is InChI=1S/C17H15NO4/c1-11(19)18-14-10-16-13(15(20)7-8-21-16)9-17(14)22-12-5-3-2-4-6-12/h2-3,5,7-10H,4,6H2,1H3,(H,18,19). The molecule has 0 bridgehead atoms. The average molecular weight is 297 g/mol. The molecule has 0 spiro atoms. The van der Waals surface area contributed by atoms with E-state index in [1.165, 1.54) is 19.3 Å². The second-order valence-corrected chi connectivity index (χ2v) is 5.01. The molecule has 2 aromatic rings. The Morgan fingerprint density at radius 2 is 2.23 bits per heavy atom. The van der Waals surface area contributed by atoms with Crippen LogP contribution in [0.25, 0.3) is 11.0 Å². The Morgan fingerprint density at radius 1 is 1.36 bits per heavy atom. The summed E-state index contributed by atoms with van der Waals surface area (Å²) in [6.45, 7) is 1.41. The molecule has 1 aliphatic carbocycles. The van der Waals surface area contributed by atoms with Crippen LogP contribution in [0.2, 0.25) is 0 Å². The van der Waals surface area contributed by atoms with Crippen LogP contribution in [0.3, 0.4) is 0 Å². The van der Waals surface area contributed by atoms with Gasteiger partial charge in [0.05, 0.1) is 17.3 Å². The highest BCUT2D eigenvalue weighted by molar-refractivity contribution is 5.94. The Balaban J connectivity index is 2.09. The lowest BCUT2D eigenvalue weighted by Gasteiger charge is -2.15. The third-order valence-corrected chi connectivity index (χ3v) is 3.29. The van der Waals surface area contributed by atoms with Crippen LogP contribution in [0.4, 0.5) is 5.69 Å². The molecule has 3 rings (SSSR count). The second kappa shape index (κ2) is 5.89.